The summed E-state index contributed by atoms with van der Waals surface area (Å²) in [7, 11) is 1.63. The highest BCUT2D eigenvalue weighted by Gasteiger charge is 2.59. The minimum Gasteiger partial charge on any atom is -0.378 e. The number of urea groups is 1. The number of aromatic nitrogens is 4. The van der Waals surface area contributed by atoms with E-state index in [1.165, 1.54) is 17.0 Å². The summed E-state index contributed by atoms with van der Waals surface area (Å²) in [6.07, 6.45) is 4.38. The number of anilines is 2. The van der Waals surface area contributed by atoms with Gasteiger partial charge in [-0.1, -0.05) is 0 Å². The zero-order valence-electron chi connectivity index (χ0n) is 20.9. The molecule has 2 aliphatic heterocycles. The number of aromatic amines is 1. The van der Waals surface area contributed by atoms with Crippen molar-refractivity contribution in [3.8, 4) is 11.4 Å². The number of fused-ring (bicyclic) bond motifs is 1. The van der Waals surface area contributed by atoms with Gasteiger partial charge >= 0.3 is 12.2 Å². The molecule has 13 heteroatoms. The number of halogens is 3. The normalized spacial score (nSPS) is 21.8. The lowest BCUT2D eigenvalue weighted by Crippen LogP contribution is -2.62. The van der Waals surface area contributed by atoms with Gasteiger partial charge in [0.2, 0.25) is 0 Å². The molecule has 2 aliphatic carbocycles. The molecule has 3 aromatic rings. The number of carbonyl (C=O) groups is 1. The molecule has 2 spiro atoms. The highest BCUT2D eigenvalue weighted by atomic mass is 19.4. The van der Waals surface area contributed by atoms with Gasteiger partial charge in [-0.15, -0.1) is 0 Å². The van der Waals surface area contributed by atoms with Crippen molar-refractivity contribution in [2.75, 3.05) is 43.5 Å². The SMILES string of the molecule is COC1CN(c2cn(CC(F)(F)F)c3cc(-c4[nH]ncc4NC(=O)N4CC5(CC5)NCC45CC5)ncc23)C1. The molecule has 0 bridgehead atoms. The molecule has 7 rings (SSSR count). The summed E-state index contributed by atoms with van der Waals surface area (Å²) in [5, 5.41) is 14.2. The molecule has 0 unspecified atom stereocenters. The van der Waals surface area contributed by atoms with E-state index in [9.17, 15) is 18.0 Å². The first-order chi connectivity index (χ1) is 18.2. The molecule has 38 heavy (non-hydrogen) atoms. The Morgan fingerprint density at radius 3 is 2.71 bits per heavy atom. The number of hydrogen-bond donors (Lipinski definition) is 3. The molecule has 4 aliphatic rings. The van der Waals surface area contributed by atoms with Crippen molar-refractivity contribution >= 4 is 28.3 Å². The van der Waals surface area contributed by atoms with Crippen molar-refractivity contribution in [1.82, 2.24) is 30.0 Å². The fraction of sp³-hybridized carbons (Fsp3) is 0.560. The van der Waals surface area contributed by atoms with Crippen molar-refractivity contribution in [2.24, 2.45) is 0 Å². The summed E-state index contributed by atoms with van der Waals surface area (Å²) in [4.78, 5) is 21.9. The number of alkyl halides is 3. The Morgan fingerprint density at radius 1 is 1.24 bits per heavy atom. The molecule has 0 radical (unpaired) electrons. The second-order valence-electron chi connectivity index (χ2n) is 11.1. The molecule has 5 heterocycles. The number of nitrogens with one attached hydrogen (secondary N) is 3. The molecular formula is C25H29F3N8O2. The van der Waals surface area contributed by atoms with Crippen LogP contribution in [0, 0.1) is 0 Å². The number of methoxy groups -OCH3 is 1. The predicted octanol–water partition coefficient (Wildman–Crippen LogP) is 3.33. The molecule has 4 fully saturated rings. The molecule has 0 atom stereocenters. The molecule has 3 N–H and O–H groups in total. The maximum atomic E-state index is 13.4. The van der Waals surface area contributed by atoms with Gasteiger partial charge < -0.3 is 29.7 Å². The van der Waals surface area contributed by atoms with Gasteiger partial charge in [0.15, 0.2) is 0 Å². The van der Waals surface area contributed by atoms with Gasteiger partial charge in [0.1, 0.15) is 12.2 Å². The van der Waals surface area contributed by atoms with Crippen LogP contribution in [0.1, 0.15) is 25.7 Å². The maximum absolute atomic E-state index is 13.4. The molecule has 2 saturated carbocycles. The number of rotatable bonds is 5. The number of ether oxygens (including phenoxy) is 1. The fourth-order valence-electron chi connectivity index (χ4n) is 5.76. The summed E-state index contributed by atoms with van der Waals surface area (Å²) in [5.74, 6) is 0. The van der Waals surface area contributed by atoms with Crippen LogP contribution in [-0.2, 0) is 11.3 Å². The summed E-state index contributed by atoms with van der Waals surface area (Å²) < 4.78 is 46.8. The molecular weight excluding hydrogens is 501 g/mol. The van der Waals surface area contributed by atoms with Crippen molar-refractivity contribution in [1.29, 1.82) is 0 Å². The topological polar surface area (TPSA) is 103 Å². The van der Waals surface area contributed by atoms with E-state index in [4.69, 9.17) is 4.74 Å². The van der Waals surface area contributed by atoms with Crippen LogP contribution in [0.15, 0.2) is 24.7 Å². The Labute approximate surface area is 216 Å². The van der Waals surface area contributed by atoms with Crippen molar-refractivity contribution in [3.05, 3.63) is 24.7 Å². The monoisotopic (exact) mass is 530 g/mol. The second kappa shape index (κ2) is 8.09. The van der Waals surface area contributed by atoms with Crippen LogP contribution in [0.5, 0.6) is 0 Å². The van der Waals surface area contributed by atoms with E-state index < -0.39 is 12.7 Å². The quantitative estimate of drug-likeness (QED) is 0.468. The second-order valence-corrected chi connectivity index (χ2v) is 11.1. The van der Waals surface area contributed by atoms with Gasteiger partial charge in [-0.25, -0.2) is 4.79 Å². The van der Waals surface area contributed by atoms with E-state index in [2.05, 4.69) is 25.8 Å². The van der Waals surface area contributed by atoms with E-state index >= 15 is 0 Å². The number of pyridine rings is 1. The third kappa shape index (κ3) is 3.99. The number of carbonyl (C=O) groups excluding carboxylic acids is 1. The lowest BCUT2D eigenvalue weighted by atomic mass is 10.1. The highest BCUT2D eigenvalue weighted by molar-refractivity contribution is 5.97. The lowest BCUT2D eigenvalue weighted by molar-refractivity contribution is -0.139. The van der Waals surface area contributed by atoms with Crippen LogP contribution in [0.25, 0.3) is 22.3 Å². The van der Waals surface area contributed by atoms with Crippen LogP contribution in [0.3, 0.4) is 0 Å². The van der Waals surface area contributed by atoms with Gasteiger partial charge in [-0.2, -0.15) is 18.3 Å². The number of piperazine rings is 1. The summed E-state index contributed by atoms with van der Waals surface area (Å²) in [6.45, 7) is 1.57. The highest BCUT2D eigenvalue weighted by Crippen LogP contribution is 2.50. The van der Waals surface area contributed by atoms with Gasteiger partial charge in [-0.05, 0) is 31.7 Å². The number of nitrogens with zero attached hydrogens (tertiary/aromatic N) is 5. The first-order valence-corrected chi connectivity index (χ1v) is 12.9. The van der Waals surface area contributed by atoms with Crippen LogP contribution in [0.4, 0.5) is 29.3 Å². The summed E-state index contributed by atoms with van der Waals surface area (Å²) in [6, 6.07) is 1.43. The Hall–Kier alpha value is -3.32. The Morgan fingerprint density at radius 2 is 2.03 bits per heavy atom. The molecule has 2 saturated heterocycles. The third-order valence-electron chi connectivity index (χ3n) is 8.51. The number of hydrogen-bond acceptors (Lipinski definition) is 6. The first kappa shape index (κ1) is 23.8. The molecule has 202 valence electrons. The minimum atomic E-state index is -4.38. The molecule has 3 aromatic heterocycles. The Balaban J connectivity index is 1.19. The van der Waals surface area contributed by atoms with Gasteiger partial charge in [0.05, 0.1) is 40.4 Å². The van der Waals surface area contributed by atoms with Gasteiger partial charge in [-0.3, -0.25) is 10.1 Å². The Bertz CT molecular complexity index is 1400. The fourth-order valence-corrected chi connectivity index (χ4v) is 5.76. The standard InChI is InChI=1S/C25H29F3N8O2/c1-38-15-9-34(10-15)20-11-35(14-25(26,27)28)19-6-17(29-7-16(19)20)21-18(8-31-33-21)32-22(37)36-13-23(2-3-23)30-12-24(36)4-5-24/h6-8,11,15,30H,2-5,9-10,12-14H2,1H3,(H,31,33)(H,32,37). The van der Waals surface area contributed by atoms with E-state index in [0.717, 1.165) is 32.2 Å². The largest absolute Gasteiger partial charge is 0.406 e. The van der Waals surface area contributed by atoms with Gasteiger partial charge in [0, 0.05) is 56.6 Å². The zero-order chi connectivity index (χ0) is 26.3. The average molecular weight is 531 g/mol. The van der Waals surface area contributed by atoms with Crippen LogP contribution in [-0.4, -0.2) is 87.3 Å². The van der Waals surface area contributed by atoms with Crippen molar-refractivity contribution in [2.45, 2.75) is 55.6 Å². The smallest absolute Gasteiger partial charge is 0.378 e. The third-order valence-corrected chi connectivity index (χ3v) is 8.51. The average Bonchev–Trinajstić information content (AvgIpc) is 3.71. The molecule has 2 amide bonds. The van der Waals surface area contributed by atoms with Crippen LogP contribution >= 0.6 is 0 Å². The predicted molar refractivity (Wildman–Crippen MR) is 134 cm³/mol. The van der Waals surface area contributed by atoms with Crippen LogP contribution < -0.4 is 15.5 Å². The molecule has 10 nitrogen and oxygen atoms in total. The van der Waals surface area contributed by atoms with Crippen molar-refractivity contribution < 1.29 is 22.7 Å². The number of amides is 2. The van der Waals surface area contributed by atoms with Crippen molar-refractivity contribution in [3.63, 3.8) is 0 Å². The maximum Gasteiger partial charge on any atom is 0.406 e. The van der Waals surface area contributed by atoms with Crippen LogP contribution in [0.2, 0.25) is 0 Å². The summed E-state index contributed by atoms with van der Waals surface area (Å²) in [5.41, 5.74) is 2.30. The lowest BCUT2D eigenvalue weighted by Gasteiger charge is -2.41. The molecule has 0 aromatic carbocycles. The van der Waals surface area contributed by atoms with E-state index in [1.807, 2.05) is 9.80 Å². The minimum absolute atomic E-state index is 0.0400. The van der Waals surface area contributed by atoms with E-state index in [0.29, 0.717) is 53.3 Å². The first-order valence-electron chi connectivity index (χ1n) is 12.9. The zero-order valence-corrected chi connectivity index (χ0v) is 20.9. The Kier molecular flexibility index (Phi) is 5.06. The van der Waals surface area contributed by atoms with Gasteiger partial charge in [0.25, 0.3) is 0 Å². The summed E-state index contributed by atoms with van der Waals surface area (Å²) >= 11 is 0. The number of H-pyrrole nitrogens is 1. The van der Waals surface area contributed by atoms with E-state index in [1.54, 1.807) is 19.4 Å². The van der Waals surface area contributed by atoms with E-state index in [-0.39, 0.29) is 23.2 Å².